The highest BCUT2D eigenvalue weighted by atomic mass is 16.5. The van der Waals surface area contributed by atoms with Crippen LogP contribution in [0.3, 0.4) is 0 Å². The van der Waals surface area contributed by atoms with E-state index in [-0.39, 0.29) is 18.9 Å². The van der Waals surface area contributed by atoms with Crippen LogP contribution in [0.5, 0.6) is 0 Å². The van der Waals surface area contributed by atoms with Crippen LogP contribution in [0.2, 0.25) is 0 Å². The molecule has 4 rings (SSSR count). The Morgan fingerprint density at radius 2 is 1.90 bits per heavy atom. The van der Waals surface area contributed by atoms with Crippen LogP contribution in [-0.2, 0) is 27.4 Å². The number of anilines is 1. The van der Waals surface area contributed by atoms with E-state index in [1.54, 1.807) is 11.0 Å². The molecule has 0 spiro atoms. The topological polar surface area (TPSA) is 76.8 Å². The number of aryl methyl sites for hydroxylation is 2. The summed E-state index contributed by atoms with van der Waals surface area (Å²) >= 11 is 0. The van der Waals surface area contributed by atoms with Gasteiger partial charge in [-0.3, -0.25) is 9.59 Å². The Labute approximate surface area is 174 Å². The third-order valence-electron chi connectivity index (χ3n) is 5.47. The minimum absolute atomic E-state index is 0.0418. The fourth-order valence-corrected chi connectivity index (χ4v) is 3.75. The second-order valence-corrected chi connectivity index (χ2v) is 7.62. The molecular formula is C24H23NO5. The number of benzene rings is 2. The first-order chi connectivity index (χ1) is 14.4. The number of carbonyl (C=O) groups excluding carboxylic acids is 2. The summed E-state index contributed by atoms with van der Waals surface area (Å²) in [6.45, 7) is 4.23. The third kappa shape index (κ3) is 3.99. The molecule has 0 saturated carbocycles. The summed E-state index contributed by atoms with van der Waals surface area (Å²) in [4.78, 5) is 38.5. The second kappa shape index (κ2) is 8.14. The number of esters is 1. The van der Waals surface area contributed by atoms with Crippen molar-refractivity contribution in [2.24, 2.45) is 5.92 Å². The molecule has 0 aliphatic carbocycles. The predicted octanol–water partition coefficient (Wildman–Crippen LogP) is 3.76. The first-order valence-electron chi connectivity index (χ1n) is 10.0. The second-order valence-electron chi connectivity index (χ2n) is 7.62. The minimum Gasteiger partial charge on any atom is -0.461 e. The summed E-state index contributed by atoms with van der Waals surface area (Å²) in [5.41, 5.74) is 3.51. The minimum atomic E-state index is -0.531. The van der Waals surface area contributed by atoms with Crippen molar-refractivity contribution >= 4 is 28.5 Å². The van der Waals surface area contributed by atoms with Gasteiger partial charge in [0.15, 0.2) is 0 Å². The van der Waals surface area contributed by atoms with Gasteiger partial charge >= 0.3 is 11.6 Å². The molecule has 2 heterocycles. The maximum Gasteiger partial charge on any atom is 0.336 e. The van der Waals surface area contributed by atoms with E-state index in [0.29, 0.717) is 17.7 Å². The van der Waals surface area contributed by atoms with Gasteiger partial charge in [0, 0.05) is 35.7 Å². The summed E-state index contributed by atoms with van der Waals surface area (Å²) in [7, 11) is 0. The van der Waals surface area contributed by atoms with Crippen LogP contribution in [-0.4, -0.2) is 18.4 Å². The molecule has 1 atom stereocenters. The van der Waals surface area contributed by atoms with Crippen molar-refractivity contribution in [3.8, 4) is 0 Å². The molecule has 1 aromatic heterocycles. The van der Waals surface area contributed by atoms with Gasteiger partial charge in [-0.05, 0) is 42.7 Å². The number of nitrogens with zero attached hydrogens (tertiary/aromatic N) is 1. The average molecular weight is 405 g/mol. The third-order valence-corrected chi connectivity index (χ3v) is 5.47. The van der Waals surface area contributed by atoms with E-state index in [0.717, 1.165) is 23.1 Å². The average Bonchev–Trinajstić information content (AvgIpc) is 3.13. The lowest BCUT2D eigenvalue weighted by molar-refractivity contribution is -0.149. The molecule has 6 nitrogen and oxygen atoms in total. The predicted molar refractivity (Wildman–Crippen MR) is 113 cm³/mol. The van der Waals surface area contributed by atoms with Crippen molar-refractivity contribution in [2.75, 3.05) is 11.4 Å². The number of carbonyl (C=O) groups is 2. The normalized spacial score (nSPS) is 16.3. The molecule has 0 N–H and O–H groups in total. The highest BCUT2D eigenvalue weighted by molar-refractivity contribution is 5.99. The fourth-order valence-electron chi connectivity index (χ4n) is 3.75. The monoisotopic (exact) mass is 405 g/mol. The molecule has 1 aliphatic rings. The zero-order chi connectivity index (χ0) is 21.3. The first kappa shape index (κ1) is 19.9. The molecule has 0 unspecified atom stereocenters. The Hall–Kier alpha value is -3.41. The maximum atomic E-state index is 12.6. The van der Waals surface area contributed by atoms with Crippen molar-refractivity contribution < 1.29 is 18.7 Å². The van der Waals surface area contributed by atoms with Gasteiger partial charge in [0.1, 0.15) is 12.2 Å². The molecule has 1 fully saturated rings. The summed E-state index contributed by atoms with van der Waals surface area (Å²) in [6.07, 6.45) is 1.04. The molecule has 2 aromatic carbocycles. The number of ether oxygens (including phenoxy) is 1. The smallest absolute Gasteiger partial charge is 0.336 e. The molecule has 0 bridgehead atoms. The van der Waals surface area contributed by atoms with E-state index in [1.807, 2.05) is 43.3 Å². The van der Waals surface area contributed by atoms with Crippen LogP contribution in [0.25, 0.3) is 11.0 Å². The van der Waals surface area contributed by atoms with Crippen LogP contribution in [0.1, 0.15) is 30.0 Å². The molecule has 1 amide bonds. The summed E-state index contributed by atoms with van der Waals surface area (Å²) < 4.78 is 10.7. The number of rotatable bonds is 5. The quantitative estimate of drug-likeness (QED) is 0.477. The Kier molecular flexibility index (Phi) is 5.40. The van der Waals surface area contributed by atoms with Gasteiger partial charge < -0.3 is 14.1 Å². The van der Waals surface area contributed by atoms with Crippen molar-refractivity contribution in [1.82, 2.24) is 0 Å². The van der Waals surface area contributed by atoms with Crippen molar-refractivity contribution in [1.29, 1.82) is 0 Å². The molecule has 6 heteroatoms. The number of fused-ring (bicyclic) bond motifs is 1. The van der Waals surface area contributed by atoms with Crippen LogP contribution >= 0.6 is 0 Å². The van der Waals surface area contributed by atoms with Crippen LogP contribution in [0.15, 0.2) is 57.7 Å². The van der Waals surface area contributed by atoms with E-state index >= 15 is 0 Å². The Morgan fingerprint density at radius 1 is 1.13 bits per heavy atom. The van der Waals surface area contributed by atoms with E-state index in [4.69, 9.17) is 9.15 Å². The van der Waals surface area contributed by atoms with Crippen LogP contribution in [0.4, 0.5) is 5.69 Å². The SMILES string of the molecule is CCc1ccc(N2C[C@H](C(=O)OCc3cc(=O)oc4cc(C)ccc34)CC2=O)cc1. The van der Waals surface area contributed by atoms with Crippen LogP contribution in [0, 0.1) is 12.8 Å². The molecule has 0 radical (unpaired) electrons. The zero-order valence-electron chi connectivity index (χ0n) is 17.0. The highest BCUT2D eigenvalue weighted by Crippen LogP contribution is 2.27. The van der Waals surface area contributed by atoms with E-state index in [2.05, 4.69) is 6.92 Å². The molecule has 30 heavy (non-hydrogen) atoms. The summed E-state index contributed by atoms with van der Waals surface area (Å²) in [5, 5.41) is 0.730. The van der Waals surface area contributed by atoms with E-state index < -0.39 is 17.5 Å². The first-order valence-corrected chi connectivity index (χ1v) is 10.0. The Bertz CT molecular complexity index is 1160. The van der Waals surface area contributed by atoms with Gasteiger partial charge in [-0.1, -0.05) is 31.2 Å². The van der Waals surface area contributed by atoms with Crippen LogP contribution < -0.4 is 10.5 Å². The molecule has 154 valence electrons. The molecule has 1 aliphatic heterocycles. The molecule has 1 saturated heterocycles. The molecular weight excluding hydrogens is 382 g/mol. The summed E-state index contributed by atoms with van der Waals surface area (Å²) in [5.74, 6) is -1.07. The standard InChI is InChI=1S/C24H23NO5/c1-3-16-5-7-19(8-6-16)25-13-17(11-22(25)26)24(28)29-14-18-12-23(27)30-21-10-15(2)4-9-20(18)21/h4-10,12,17H,3,11,13-14H2,1-2H3/t17-/m1/s1. The van der Waals surface area contributed by atoms with Gasteiger partial charge in [0.25, 0.3) is 0 Å². The van der Waals surface area contributed by atoms with Gasteiger partial charge in [-0.15, -0.1) is 0 Å². The van der Waals surface area contributed by atoms with Gasteiger partial charge in [-0.2, -0.15) is 0 Å². The Morgan fingerprint density at radius 3 is 2.63 bits per heavy atom. The van der Waals surface area contributed by atoms with Crippen molar-refractivity contribution in [3.05, 3.63) is 75.6 Å². The van der Waals surface area contributed by atoms with Crippen molar-refractivity contribution in [3.63, 3.8) is 0 Å². The number of hydrogen-bond acceptors (Lipinski definition) is 5. The Balaban J connectivity index is 1.45. The number of hydrogen-bond donors (Lipinski definition) is 0. The lowest BCUT2D eigenvalue weighted by atomic mass is 10.1. The van der Waals surface area contributed by atoms with E-state index in [9.17, 15) is 14.4 Å². The van der Waals surface area contributed by atoms with Gasteiger partial charge in [0.05, 0.1) is 5.92 Å². The summed E-state index contributed by atoms with van der Waals surface area (Å²) in [6, 6.07) is 14.7. The lowest BCUT2D eigenvalue weighted by Gasteiger charge is -2.17. The maximum absolute atomic E-state index is 12.6. The van der Waals surface area contributed by atoms with Crippen molar-refractivity contribution in [2.45, 2.75) is 33.3 Å². The highest BCUT2D eigenvalue weighted by Gasteiger charge is 2.36. The molecule has 3 aromatic rings. The van der Waals surface area contributed by atoms with Gasteiger partial charge in [0.2, 0.25) is 5.91 Å². The fraction of sp³-hybridized carbons (Fsp3) is 0.292. The van der Waals surface area contributed by atoms with Gasteiger partial charge in [-0.25, -0.2) is 4.79 Å². The van der Waals surface area contributed by atoms with E-state index in [1.165, 1.54) is 11.6 Å². The zero-order valence-corrected chi connectivity index (χ0v) is 17.0. The lowest BCUT2D eigenvalue weighted by Crippen LogP contribution is -2.26. The largest absolute Gasteiger partial charge is 0.461 e. The number of amides is 1.